The number of rotatable bonds is 8. The van der Waals surface area contributed by atoms with E-state index in [0.29, 0.717) is 16.5 Å². The Morgan fingerprint density at radius 1 is 1.24 bits per heavy atom. The molecule has 4 rings (SSSR count). The summed E-state index contributed by atoms with van der Waals surface area (Å²) in [7, 11) is -0.810. The number of carbonyl (C=O) groups is 1. The van der Waals surface area contributed by atoms with Crippen LogP contribution in [0.1, 0.15) is 30.2 Å². The topological polar surface area (TPSA) is 118 Å². The van der Waals surface area contributed by atoms with E-state index in [1.807, 2.05) is 0 Å². The van der Waals surface area contributed by atoms with E-state index in [1.165, 1.54) is 23.4 Å². The van der Waals surface area contributed by atoms with Crippen molar-refractivity contribution < 1.29 is 17.6 Å². The van der Waals surface area contributed by atoms with E-state index in [-0.39, 0.29) is 40.3 Å². The van der Waals surface area contributed by atoms with Crippen LogP contribution in [0.2, 0.25) is 5.02 Å². The van der Waals surface area contributed by atoms with Gasteiger partial charge in [-0.05, 0) is 42.7 Å². The van der Waals surface area contributed by atoms with Gasteiger partial charge in [-0.2, -0.15) is 8.42 Å². The highest BCUT2D eigenvalue weighted by Gasteiger charge is 2.31. The second kappa shape index (κ2) is 9.32. The number of hydrogen-bond donors (Lipinski definition) is 1. The molecule has 1 aliphatic carbocycles. The number of nitrogens with zero attached hydrogens (tertiary/aromatic N) is 4. The molecule has 0 radical (unpaired) electrons. The Morgan fingerprint density at radius 2 is 2.00 bits per heavy atom. The van der Waals surface area contributed by atoms with E-state index >= 15 is 0 Å². The van der Waals surface area contributed by atoms with Crippen molar-refractivity contribution in [2.45, 2.75) is 30.1 Å². The van der Waals surface area contributed by atoms with E-state index in [1.54, 1.807) is 44.4 Å². The number of amides is 1. The third-order valence-corrected chi connectivity index (χ3v) is 6.50. The van der Waals surface area contributed by atoms with E-state index in [9.17, 15) is 13.2 Å². The highest BCUT2D eigenvalue weighted by Crippen LogP contribution is 2.40. The zero-order chi connectivity index (χ0) is 23.6. The third kappa shape index (κ3) is 5.58. The minimum atomic E-state index is -4.13. The summed E-state index contributed by atoms with van der Waals surface area (Å²) in [5.41, 5.74) is 1.17. The van der Waals surface area contributed by atoms with Crippen molar-refractivity contribution in [3.8, 4) is 11.5 Å². The first kappa shape index (κ1) is 22.9. The number of sulfonamides is 1. The molecule has 2 aromatic carbocycles. The zero-order valence-electron chi connectivity index (χ0n) is 18.0. The molecule has 0 aliphatic heterocycles. The van der Waals surface area contributed by atoms with Gasteiger partial charge in [-0.3, -0.25) is 4.79 Å². The van der Waals surface area contributed by atoms with Gasteiger partial charge in [0, 0.05) is 30.7 Å². The third-order valence-electron chi connectivity index (χ3n) is 4.87. The first-order valence-corrected chi connectivity index (χ1v) is 12.0. The number of hydrogen-bond acceptors (Lipinski definition) is 6. The molecule has 1 heterocycles. The predicted molar refractivity (Wildman–Crippen MR) is 125 cm³/mol. The molecule has 0 bridgehead atoms. The first-order chi connectivity index (χ1) is 15.7. The summed E-state index contributed by atoms with van der Waals surface area (Å²) in [6.45, 7) is 0. The second-order valence-corrected chi connectivity index (χ2v) is 9.91. The van der Waals surface area contributed by atoms with Gasteiger partial charge in [-0.1, -0.05) is 29.8 Å². The van der Waals surface area contributed by atoms with E-state index < -0.39 is 10.0 Å². The monoisotopic (exact) mass is 487 g/mol. The smallest absolute Gasteiger partial charge is 0.284 e. The normalized spacial score (nSPS) is 13.9. The Bertz CT molecular complexity index is 1320. The van der Waals surface area contributed by atoms with Crippen molar-refractivity contribution in [1.82, 2.24) is 15.1 Å². The quantitative estimate of drug-likeness (QED) is 0.380. The fourth-order valence-corrected chi connectivity index (χ4v) is 4.40. The highest BCUT2D eigenvalue weighted by atomic mass is 35.5. The number of halogens is 1. The van der Waals surface area contributed by atoms with Gasteiger partial charge in [-0.25, -0.2) is 0 Å². The summed E-state index contributed by atoms with van der Waals surface area (Å²) in [5.74, 6) is 0.456. The van der Waals surface area contributed by atoms with Gasteiger partial charge in [0.2, 0.25) is 17.7 Å². The van der Waals surface area contributed by atoms with Crippen molar-refractivity contribution in [3.05, 3.63) is 58.9 Å². The molecular formula is C22H22ClN5O4S. The summed E-state index contributed by atoms with van der Waals surface area (Å²) < 4.78 is 35.5. The van der Waals surface area contributed by atoms with Gasteiger partial charge in [-0.15, -0.1) is 14.6 Å². The maximum atomic E-state index is 13.0. The van der Waals surface area contributed by atoms with Gasteiger partial charge in [0.1, 0.15) is 11.2 Å². The van der Waals surface area contributed by atoms with Crippen LogP contribution in [0.4, 0.5) is 5.69 Å². The number of benzene rings is 2. The fourth-order valence-electron chi connectivity index (χ4n) is 3.06. The summed E-state index contributed by atoms with van der Waals surface area (Å²) >= 11 is 6.13. The van der Waals surface area contributed by atoms with Crippen LogP contribution in [0, 0.1) is 0 Å². The van der Waals surface area contributed by atoms with Gasteiger partial charge in [0.25, 0.3) is 10.0 Å². The molecule has 11 heteroatoms. The molecule has 1 saturated carbocycles. The molecule has 0 saturated heterocycles. The molecular weight excluding hydrogens is 466 g/mol. The number of carbonyl (C=O) groups excluding carboxylic acids is 1. The summed E-state index contributed by atoms with van der Waals surface area (Å²) in [5, 5.41) is 11.3. The van der Waals surface area contributed by atoms with Crippen molar-refractivity contribution in [2.24, 2.45) is 4.40 Å². The summed E-state index contributed by atoms with van der Waals surface area (Å²) in [6, 6.07) is 11.5. The molecule has 0 atom stereocenters. The minimum absolute atomic E-state index is 0.0384. The van der Waals surface area contributed by atoms with Crippen LogP contribution in [-0.4, -0.2) is 49.9 Å². The van der Waals surface area contributed by atoms with Crippen LogP contribution in [-0.2, 0) is 21.2 Å². The van der Waals surface area contributed by atoms with Crippen molar-refractivity contribution in [3.63, 3.8) is 0 Å². The Kier molecular flexibility index (Phi) is 6.48. The van der Waals surface area contributed by atoms with Gasteiger partial charge in [0.15, 0.2) is 0 Å². The van der Waals surface area contributed by atoms with Crippen molar-refractivity contribution >= 4 is 39.6 Å². The molecule has 1 aliphatic rings. The lowest BCUT2D eigenvalue weighted by atomic mass is 10.1. The lowest BCUT2D eigenvalue weighted by Crippen LogP contribution is -2.15. The van der Waals surface area contributed by atoms with Crippen LogP contribution < -0.4 is 5.32 Å². The first-order valence-electron chi connectivity index (χ1n) is 10.2. The summed E-state index contributed by atoms with van der Waals surface area (Å²) in [6.07, 6.45) is 3.16. The predicted octanol–water partition coefficient (Wildman–Crippen LogP) is 3.73. The van der Waals surface area contributed by atoms with E-state index in [0.717, 1.165) is 12.8 Å². The van der Waals surface area contributed by atoms with Gasteiger partial charge < -0.3 is 14.6 Å². The standard InChI is InChI=1S/C22H22ClN5O4S/c1-28(2)13-24-33(30,31)19-12-16(25-20(29)11-15-5-3-4-6-18(15)23)9-10-17(19)22-27-26-21(32-22)14-7-8-14/h3-6,9-10,12-14H,7-8,11H2,1-2H3,(H,25,29)/b24-13+. The van der Waals surface area contributed by atoms with Crippen LogP contribution in [0.3, 0.4) is 0 Å². The van der Waals surface area contributed by atoms with Crippen LogP contribution in [0.25, 0.3) is 11.5 Å². The molecule has 33 heavy (non-hydrogen) atoms. The lowest BCUT2D eigenvalue weighted by molar-refractivity contribution is -0.115. The van der Waals surface area contributed by atoms with Crippen LogP contribution in [0.15, 0.2) is 56.2 Å². The number of anilines is 1. The number of aromatic nitrogens is 2. The number of nitrogens with one attached hydrogen (secondary N) is 1. The molecule has 9 nitrogen and oxygen atoms in total. The highest BCUT2D eigenvalue weighted by molar-refractivity contribution is 7.90. The maximum absolute atomic E-state index is 13.0. The van der Waals surface area contributed by atoms with Gasteiger partial charge in [0.05, 0.1) is 12.0 Å². The molecule has 1 amide bonds. The van der Waals surface area contributed by atoms with Crippen molar-refractivity contribution in [2.75, 3.05) is 19.4 Å². The molecule has 1 aromatic heterocycles. The zero-order valence-corrected chi connectivity index (χ0v) is 19.6. The lowest BCUT2D eigenvalue weighted by Gasteiger charge is -2.11. The average Bonchev–Trinajstić information content (AvgIpc) is 3.51. The maximum Gasteiger partial charge on any atom is 0.284 e. The van der Waals surface area contributed by atoms with E-state index in [2.05, 4.69) is 19.9 Å². The molecule has 172 valence electrons. The van der Waals surface area contributed by atoms with E-state index in [4.69, 9.17) is 16.0 Å². The second-order valence-electron chi connectivity index (χ2n) is 7.91. The Hall–Kier alpha value is -3.24. The Balaban J connectivity index is 1.66. The average molecular weight is 488 g/mol. The minimum Gasteiger partial charge on any atom is -0.420 e. The molecule has 3 aromatic rings. The Labute approximate surface area is 196 Å². The summed E-state index contributed by atoms with van der Waals surface area (Å²) in [4.78, 5) is 13.9. The molecule has 0 unspecified atom stereocenters. The SMILES string of the molecule is CN(C)/C=N/S(=O)(=O)c1cc(NC(=O)Cc2ccccc2Cl)ccc1-c1nnc(C2CC2)o1. The molecule has 1 fully saturated rings. The Morgan fingerprint density at radius 3 is 2.70 bits per heavy atom. The van der Waals surface area contributed by atoms with Crippen LogP contribution in [0.5, 0.6) is 0 Å². The largest absolute Gasteiger partial charge is 0.420 e. The molecule has 1 N–H and O–H groups in total. The van der Waals surface area contributed by atoms with Crippen molar-refractivity contribution in [1.29, 1.82) is 0 Å². The van der Waals surface area contributed by atoms with Gasteiger partial charge >= 0.3 is 0 Å². The van der Waals surface area contributed by atoms with Crippen LogP contribution >= 0.6 is 11.6 Å². The fraction of sp³-hybridized carbons (Fsp3) is 0.273. The molecule has 0 spiro atoms.